The molecule has 0 fully saturated rings. The largest absolute Gasteiger partial charge is 0.227 e. The van der Waals surface area contributed by atoms with Gasteiger partial charge in [-0.15, -0.1) is 0 Å². The summed E-state index contributed by atoms with van der Waals surface area (Å²) in [7, 11) is -0.550. The highest BCUT2D eigenvalue weighted by molar-refractivity contribution is 8.35. The summed E-state index contributed by atoms with van der Waals surface area (Å²) in [5.41, 5.74) is 1.41. The Morgan fingerprint density at radius 2 is 1.78 bits per heavy atom. The van der Waals surface area contributed by atoms with Gasteiger partial charge in [0.2, 0.25) is 0 Å². The van der Waals surface area contributed by atoms with E-state index in [1.165, 1.54) is 10.5 Å². The van der Waals surface area contributed by atoms with E-state index in [2.05, 4.69) is 81.2 Å². The quantitative estimate of drug-likeness (QED) is 0.654. The third-order valence-corrected chi connectivity index (χ3v) is 5.20. The second-order valence-corrected chi connectivity index (χ2v) is 9.98. The van der Waals surface area contributed by atoms with Crippen molar-refractivity contribution < 1.29 is 0 Å². The normalized spacial score (nSPS) is 15.9. The Hall–Kier alpha value is -0.950. The van der Waals surface area contributed by atoms with Crippen molar-refractivity contribution >= 4 is 10.0 Å². The lowest BCUT2D eigenvalue weighted by molar-refractivity contribution is 0.723. The standard InChI is InChI=1S/C17H26S/c1-15(14-17-12-7-6-8-13-17)10-9-11-16(2)18(3,4)5/h6-13,15H,14H2,1-5H3/b10-9-,16-11+/t15-/m0/s1. The molecular formula is C17H26S. The summed E-state index contributed by atoms with van der Waals surface area (Å²) in [4.78, 5) is 1.51. The maximum absolute atomic E-state index is 2.33. The summed E-state index contributed by atoms with van der Waals surface area (Å²) in [6.45, 7) is 4.51. The highest BCUT2D eigenvalue weighted by Crippen LogP contribution is 2.43. The number of hydrogen-bond acceptors (Lipinski definition) is 0. The molecule has 0 aliphatic rings. The van der Waals surface area contributed by atoms with Gasteiger partial charge < -0.3 is 0 Å². The number of rotatable bonds is 5. The molecule has 0 unspecified atom stereocenters. The lowest BCUT2D eigenvalue weighted by Gasteiger charge is -2.26. The molecule has 1 aromatic rings. The number of hydrogen-bond donors (Lipinski definition) is 0. The van der Waals surface area contributed by atoms with Crippen molar-refractivity contribution in [2.24, 2.45) is 5.92 Å². The molecule has 1 rings (SSSR count). The van der Waals surface area contributed by atoms with E-state index in [-0.39, 0.29) is 0 Å². The van der Waals surface area contributed by atoms with Gasteiger partial charge in [-0.1, -0.05) is 55.5 Å². The molecule has 0 nitrogen and oxygen atoms in total. The Bertz CT molecular complexity index is 407. The van der Waals surface area contributed by atoms with Gasteiger partial charge in [0.25, 0.3) is 0 Å². The van der Waals surface area contributed by atoms with Crippen LogP contribution in [0, 0.1) is 5.92 Å². The zero-order valence-corrected chi connectivity index (χ0v) is 13.1. The molecule has 0 aromatic heterocycles. The summed E-state index contributed by atoms with van der Waals surface area (Å²) in [5, 5.41) is 0. The first-order chi connectivity index (χ1) is 8.39. The Kier molecular flexibility index (Phi) is 5.74. The van der Waals surface area contributed by atoms with Crippen LogP contribution in [0.5, 0.6) is 0 Å². The van der Waals surface area contributed by atoms with Crippen LogP contribution in [0.1, 0.15) is 19.4 Å². The fourth-order valence-electron chi connectivity index (χ4n) is 1.64. The average molecular weight is 262 g/mol. The lowest BCUT2D eigenvalue weighted by atomic mass is 10.0. The third kappa shape index (κ3) is 5.59. The van der Waals surface area contributed by atoms with Crippen LogP contribution in [-0.4, -0.2) is 18.8 Å². The van der Waals surface area contributed by atoms with Crippen LogP contribution in [0.4, 0.5) is 0 Å². The van der Waals surface area contributed by atoms with E-state index < -0.39 is 10.0 Å². The summed E-state index contributed by atoms with van der Waals surface area (Å²) in [5.74, 6) is 0.589. The van der Waals surface area contributed by atoms with Crippen molar-refractivity contribution in [1.82, 2.24) is 0 Å². The van der Waals surface area contributed by atoms with Crippen molar-refractivity contribution in [2.75, 3.05) is 18.8 Å². The van der Waals surface area contributed by atoms with Crippen LogP contribution in [0.15, 0.2) is 53.5 Å². The maximum atomic E-state index is 2.33. The van der Waals surface area contributed by atoms with Gasteiger partial charge in [0.05, 0.1) is 0 Å². The second kappa shape index (κ2) is 6.84. The Morgan fingerprint density at radius 1 is 1.17 bits per heavy atom. The first kappa shape index (κ1) is 15.1. The Morgan fingerprint density at radius 3 is 2.33 bits per heavy atom. The summed E-state index contributed by atoms with van der Waals surface area (Å²) in [6, 6.07) is 10.7. The van der Waals surface area contributed by atoms with Crippen molar-refractivity contribution in [3.05, 3.63) is 59.0 Å². The highest BCUT2D eigenvalue weighted by atomic mass is 32.3. The van der Waals surface area contributed by atoms with Crippen LogP contribution in [0.3, 0.4) is 0 Å². The van der Waals surface area contributed by atoms with Gasteiger partial charge >= 0.3 is 0 Å². The molecule has 0 heterocycles. The molecule has 0 aliphatic carbocycles. The molecular weight excluding hydrogens is 236 g/mol. The van der Waals surface area contributed by atoms with E-state index in [9.17, 15) is 0 Å². The molecule has 18 heavy (non-hydrogen) atoms. The zero-order chi connectivity index (χ0) is 13.6. The molecule has 100 valence electrons. The van der Waals surface area contributed by atoms with E-state index in [0.717, 1.165) is 6.42 Å². The van der Waals surface area contributed by atoms with Crippen LogP contribution in [-0.2, 0) is 6.42 Å². The third-order valence-electron chi connectivity index (χ3n) is 3.14. The van der Waals surface area contributed by atoms with E-state index in [1.54, 1.807) is 0 Å². The predicted molar refractivity (Wildman–Crippen MR) is 87.6 cm³/mol. The molecule has 0 bridgehead atoms. The minimum atomic E-state index is -0.550. The van der Waals surface area contributed by atoms with Crippen molar-refractivity contribution in [1.29, 1.82) is 0 Å². The number of allylic oxidation sites excluding steroid dienone is 4. The molecule has 0 N–H and O–H groups in total. The minimum absolute atomic E-state index is 0.550. The first-order valence-electron chi connectivity index (χ1n) is 6.47. The highest BCUT2D eigenvalue weighted by Gasteiger charge is 2.04. The molecule has 0 saturated carbocycles. The monoisotopic (exact) mass is 262 g/mol. The molecule has 1 aromatic carbocycles. The first-order valence-corrected chi connectivity index (χ1v) is 9.33. The SMILES string of the molecule is C/C(=C\C=C/[C@H](C)Cc1ccccc1)S(C)(C)C. The number of benzene rings is 1. The smallest absolute Gasteiger partial charge is 0.0218 e. The summed E-state index contributed by atoms with van der Waals surface area (Å²) in [6.07, 6.45) is 14.9. The van der Waals surface area contributed by atoms with Gasteiger partial charge in [0, 0.05) is 0 Å². The van der Waals surface area contributed by atoms with E-state index in [1.807, 2.05) is 0 Å². The van der Waals surface area contributed by atoms with Crippen molar-refractivity contribution in [3.8, 4) is 0 Å². The Balaban J connectivity index is 2.53. The summed E-state index contributed by atoms with van der Waals surface area (Å²) >= 11 is 0. The molecule has 0 amide bonds. The van der Waals surface area contributed by atoms with Crippen LogP contribution >= 0.6 is 10.0 Å². The van der Waals surface area contributed by atoms with Gasteiger partial charge in [-0.3, -0.25) is 0 Å². The lowest BCUT2D eigenvalue weighted by Crippen LogP contribution is -1.95. The maximum Gasteiger partial charge on any atom is -0.0218 e. The van der Waals surface area contributed by atoms with Gasteiger partial charge in [-0.2, -0.15) is 0 Å². The molecule has 1 atom stereocenters. The van der Waals surface area contributed by atoms with Gasteiger partial charge in [0.15, 0.2) is 0 Å². The molecule has 1 heteroatoms. The van der Waals surface area contributed by atoms with Crippen molar-refractivity contribution in [3.63, 3.8) is 0 Å². The van der Waals surface area contributed by atoms with Crippen LogP contribution < -0.4 is 0 Å². The van der Waals surface area contributed by atoms with Crippen LogP contribution in [0.2, 0.25) is 0 Å². The topological polar surface area (TPSA) is 0 Å². The van der Waals surface area contributed by atoms with E-state index in [0.29, 0.717) is 5.92 Å². The van der Waals surface area contributed by atoms with Gasteiger partial charge in [-0.05, 0) is 48.5 Å². The summed E-state index contributed by atoms with van der Waals surface area (Å²) < 4.78 is 0. The molecule has 0 saturated heterocycles. The minimum Gasteiger partial charge on any atom is -0.227 e. The van der Waals surface area contributed by atoms with Crippen molar-refractivity contribution in [2.45, 2.75) is 20.3 Å². The molecule has 0 spiro atoms. The average Bonchev–Trinajstić information content (AvgIpc) is 2.28. The van der Waals surface area contributed by atoms with Gasteiger partial charge in [-0.25, -0.2) is 10.0 Å². The van der Waals surface area contributed by atoms with Gasteiger partial charge in [0.1, 0.15) is 0 Å². The fourth-order valence-corrected chi connectivity index (χ4v) is 2.13. The predicted octanol–water partition coefficient (Wildman–Crippen LogP) is 5.02. The van der Waals surface area contributed by atoms with E-state index in [4.69, 9.17) is 0 Å². The second-order valence-electron chi connectivity index (χ2n) is 5.67. The molecule has 0 aliphatic heterocycles. The van der Waals surface area contributed by atoms with E-state index >= 15 is 0 Å². The fraction of sp³-hybridized carbons (Fsp3) is 0.412. The zero-order valence-electron chi connectivity index (χ0n) is 12.3. The Labute approximate surface area is 114 Å². The van der Waals surface area contributed by atoms with Crippen LogP contribution in [0.25, 0.3) is 0 Å². The molecule has 0 radical (unpaired) electrons.